The van der Waals surface area contributed by atoms with Gasteiger partial charge in [0.25, 0.3) is 0 Å². The predicted octanol–water partition coefficient (Wildman–Crippen LogP) is 9.69. The minimum atomic E-state index is -0.799. The highest BCUT2D eigenvalue weighted by atomic mass is 16.6. The van der Waals surface area contributed by atoms with Crippen molar-refractivity contribution >= 4 is 17.4 Å². The SMILES string of the molecule is CC[C@H]1C=C[C@@H]2C[C@@H]3CCC[C@@]34c3cc(c(O)c(O[C@]5(CNC)CC[C@@H](C[C@H](O)OC6CCCC6)C5)c3)NC(=NC)NC#CC[C@@H]3CCC[C@@]3(Cc3ccc(O)c(OC)c3)C(=O)/C=C/[C@@H]4[C@@H]2C1. The van der Waals surface area contributed by atoms with Crippen LogP contribution in [0, 0.1) is 58.8 Å². The molecule has 0 saturated heterocycles. The maximum Gasteiger partial charge on any atom is 0.207 e. The van der Waals surface area contributed by atoms with E-state index < -0.39 is 17.3 Å². The van der Waals surface area contributed by atoms with E-state index >= 15 is 4.79 Å². The molecule has 1 aliphatic heterocycles. The molecule has 2 aromatic carbocycles. The first kappa shape index (κ1) is 47.6. The van der Waals surface area contributed by atoms with Gasteiger partial charge in [-0.15, -0.1) is 0 Å². The molecule has 7 aliphatic rings. The van der Waals surface area contributed by atoms with Gasteiger partial charge >= 0.3 is 0 Å². The molecule has 0 unspecified atom stereocenters. The Balaban J connectivity index is 1.14. The third kappa shape index (κ3) is 9.49. The van der Waals surface area contributed by atoms with Crippen molar-refractivity contribution in [3.8, 4) is 35.0 Å². The number of phenols is 2. The van der Waals surface area contributed by atoms with Gasteiger partial charge in [-0.3, -0.25) is 15.1 Å². The second-order valence-electron chi connectivity index (χ2n) is 21.5. The van der Waals surface area contributed by atoms with Crippen molar-refractivity contribution in [2.45, 2.75) is 152 Å². The number of hydrogen-bond donors (Lipinski definition) is 6. The number of aliphatic imine (C=N–C) groups is 1. The lowest BCUT2D eigenvalue weighted by atomic mass is 9.50. The van der Waals surface area contributed by atoms with Crippen LogP contribution in [0.25, 0.3) is 0 Å². The third-order valence-corrected chi connectivity index (χ3v) is 17.8. The monoisotopic (exact) mass is 917 g/mol. The molecule has 2 bridgehead atoms. The summed E-state index contributed by atoms with van der Waals surface area (Å²) >= 11 is 0. The van der Waals surface area contributed by atoms with Gasteiger partial charge in [0.1, 0.15) is 5.60 Å². The van der Waals surface area contributed by atoms with Crippen molar-refractivity contribution in [2.24, 2.45) is 51.8 Å². The summed E-state index contributed by atoms with van der Waals surface area (Å²) in [6.07, 6.45) is 25.9. The van der Waals surface area contributed by atoms with E-state index in [1.165, 1.54) is 0 Å². The Labute approximate surface area is 399 Å². The van der Waals surface area contributed by atoms with E-state index in [-0.39, 0.29) is 46.6 Å². The number of guanidine groups is 1. The van der Waals surface area contributed by atoms with Gasteiger partial charge in [0.05, 0.1) is 18.9 Å². The number of ketones is 1. The van der Waals surface area contributed by atoms with Crippen molar-refractivity contribution in [3.63, 3.8) is 0 Å². The fourth-order valence-corrected chi connectivity index (χ4v) is 14.5. The minimum absolute atomic E-state index is 0.0238. The van der Waals surface area contributed by atoms with Crippen molar-refractivity contribution < 1.29 is 34.3 Å². The number of hydrogen-bond acceptors (Lipinski definition) is 9. The largest absolute Gasteiger partial charge is 0.504 e. The van der Waals surface area contributed by atoms with Crippen LogP contribution >= 0.6 is 0 Å². The second kappa shape index (κ2) is 20.2. The Morgan fingerprint density at radius 3 is 2.57 bits per heavy atom. The number of phenolic OH excluding ortho intramolecular Hbond substituents is 2. The Kier molecular flexibility index (Phi) is 14.4. The number of nitrogens with one attached hydrogen (secondary N) is 3. The van der Waals surface area contributed by atoms with Crippen LogP contribution in [-0.2, 0) is 21.4 Å². The molecule has 6 N–H and O–H groups in total. The number of allylic oxidation sites excluding steroid dienone is 4. The first-order chi connectivity index (χ1) is 32.5. The number of fused-ring (bicyclic) bond motifs is 5. The molecular weight excluding hydrogens is 841 g/mol. The number of ether oxygens (including phenoxy) is 3. The lowest BCUT2D eigenvalue weighted by Crippen LogP contribution is -2.50. The van der Waals surface area contributed by atoms with E-state index in [1.54, 1.807) is 20.2 Å². The number of benzene rings is 2. The van der Waals surface area contributed by atoms with Gasteiger partial charge in [0.2, 0.25) is 5.96 Å². The molecule has 0 amide bonds. The fraction of sp³-hybridized carbons (Fsp3) is 0.643. The van der Waals surface area contributed by atoms with Crippen LogP contribution in [0.15, 0.2) is 59.6 Å². The van der Waals surface area contributed by atoms with Gasteiger partial charge in [-0.1, -0.05) is 62.8 Å². The summed E-state index contributed by atoms with van der Waals surface area (Å²) in [7, 11) is 5.22. The molecule has 11 heteroatoms. The highest BCUT2D eigenvalue weighted by molar-refractivity contribution is 5.97. The zero-order chi connectivity index (χ0) is 46.8. The molecule has 1 spiro atoms. The van der Waals surface area contributed by atoms with Crippen molar-refractivity contribution in [1.29, 1.82) is 0 Å². The number of aliphatic hydroxyl groups is 1. The summed E-state index contributed by atoms with van der Waals surface area (Å²) in [6.45, 7) is 2.88. The molecule has 1 heterocycles. The lowest BCUT2D eigenvalue weighted by molar-refractivity contribution is -0.143. The summed E-state index contributed by atoms with van der Waals surface area (Å²) in [5, 5.41) is 44.1. The number of carbonyl (C=O) groups is 1. The summed E-state index contributed by atoms with van der Waals surface area (Å²) in [4.78, 5) is 20.0. The number of likely N-dealkylation sites (N-methyl/N-ethyl adjacent to an activating group) is 1. The summed E-state index contributed by atoms with van der Waals surface area (Å²) in [6, 6.07) is 12.9. The van der Waals surface area contributed by atoms with Gasteiger partial charge in [0.15, 0.2) is 35.1 Å². The lowest BCUT2D eigenvalue weighted by Gasteiger charge is -2.54. The number of aromatic hydroxyl groups is 2. The molecule has 11 nitrogen and oxygen atoms in total. The Morgan fingerprint density at radius 1 is 0.955 bits per heavy atom. The van der Waals surface area contributed by atoms with Crippen LogP contribution in [0.5, 0.6) is 23.0 Å². The first-order valence-electron chi connectivity index (χ1n) is 25.8. The fourth-order valence-electron chi connectivity index (χ4n) is 14.5. The summed E-state index contributed by atoms with van der Waals surface area (Å²) in [5.74, 6) is 6.77. The third-order valence-electron chi connectivity index (χ3n) is 17.8. The number of aliphatic hydroxyl groups excluding tert-OH is 1. The number of rotatable bonds is 12. The van der Waals surface area contributed by atoms with Crippen LogP contribution in [-0.4, -0.2) is 72.8 Å². The van der Waals surface area contributed by atoms with E-state index in [4.69, 9.17) is 14.2 Å². The van der Waals surface area contributed by atoms with E-state index in [0.29, 0.717) is 72.6 Å². The first-order valence-corrected chi connectivity index (χ1v) is 25.8. The number of anilines is 1. The summed E-state index contributed by atoms with van der Waals surface area (Å²) < 4.78 is 18.9. The van der Waals surface area contributed by atoms with Gasteiger partial charge < -0.3 is 40.2 Å². The summed E-state index contributed by atoms with van der Waals surface area (Å²) in [5.41, 5.74) is 0.990. The number of carbonyl (C=O) groups excluding carboxylic acids is 1. The van der Waals surface area contributed by atoms with Gasteiger partial charge in [0, 0.05) is 43.3 Å². The van der Waals surface area contributed by atoms with E-state index in [0.717, 1.165) is 114 Å². The molecule has 5 fully saturated rings. The smallest absolute Gasteiger partial charge is 0.207 e. The number of methoxy groups -OCH3 is 1. The molecule has 0 radical (unpaired) electrons. The van der Waals surface area contributed by atoms with Crippen molar-refractivity contribution in [3.05, 3.63) is 65.8 Å². The second-order valence-corrected chi connectivity index (χ2v) is 21.5. The highest BCUT2D eigenvalue weighted by Gasteiger charge is 2.57. The quantitative estimate of drug-likeness (QED) is 0.0525. The van der Waals surface area contributed by atoms with E-state index in [1.807, 2.05) is 25.3 Å². The van der Waals surface area contributed by atoms with E-state index in [2.05, 4.69) is 70.2 Å². The van der Waals surface area contributed by atoms with Gasteiger partial charge in [-0.05, 0) is 173 Å². The molecule has 0 aromatic heterocycles. The van der Waals surface area contributed by atoms with Crippen LogP contribution in [0.3, 0.4) is 0 Å². The topological polar surface area (TPSA) is 154 Å². The Morgan fingerprint density at radius 2 is 1.78 bits per heavy atom. The maximum atomic E-state index is 15.5. The van der Waals surface area contributed by atoms with Crippen molar-refractivity contribution in [2.75, 3.05) is 33.1 Å². The molecule has 67 heavy (non-hydrogen) atoms. The zero-order valence-corrected chi connectivity index (χ0v) is 40.5. The molecular formula is C56H76N4O7. The van der Waals surface area contributed by atoms with E-state index in [9.17, 15) is 15.3 Å². The maximum absolute atomic E-state index is 15.5. The molecule has 362 valence electrons. The average Bonchev–Trinajstić information content (AvgIpc) is 4.16. The Bertz CT molecular complexity index is 2260. The molecule has 2 aromatic rings. The molecule has 6 aliphatic carbocycles. The average molecular weight is 917 g/mol. The van der Waals surface area contributed by atoms with Crippen LogP contribution in [0.1, 0.15) is 134 Å². The predicted molar refractivity (Wildman–Crippen MR) is 263 cm³/mol. The number of nitrogens with zero attached hydrogens (tertiary/aromatic N) is 1. The van der Waals surface area contributed by atoms with Gasteiger partial charge in [-0.25, -0.2) is 0 Å². The van der Waals surface area contributed by atoms with Crippen molar-refractivity contribution in [1.82, 2.24) is 10.6 Å². The minimum Gasteiger partial charge on any atom is -0.504 e. The molecule has 5 saturated carbocycles. The zero-order valence-electron chi connectivity index (χ0n) is 40.5. The van der Waals surface area contributed by atoms with Crippen LogP contribution in [0.4, 0.5) is 5.69 Å². The van der Waals surface area contributed by atoms with Crippen LogP contribution in [0.2, 0.25) is 0 Å². The molecule has 11 atom stereocenters. The normalized spacial score (nSPS) is 35.3. The van der Waals surface area contributed by atoms with Gasteiger partial charge in [-0.2, -0.15) is 0 Å². The standard InChI is InChI=1S/C56H76N4O7/c1-5-36-16-18-39-30-41-12-9-24-56(41)42-31-46(52(64)49(32-42)67-54(35-57-2)25-22-38(33-54)29-51(63)66-43-14-6-7-15-43)60-53(58-3)59-26-10-13-40-11-8-23-55(40,50(62)21-19-45(56)44(39)27-36)34-37-17-20-47(61)48(28-37)65-4/h16-21,28,31-32,36,38-41,43-45,51,57,61,63-64H,5-9,11-15,22-25,27,29-30,33-35H2,1-4H3,(H2,58,59,60)/b21-19+/t36-,38-,39+,40-,41-,44+,45+,51+,54+,55-,56-/m0/s1. The Hall–Kier alpha value is -4.50. The van der Waals surface area contributed by atoms with Crippen LogP contribution < -0.4 is 25.4 Å². The molecule has 9 rings (SSSR count). The highest BCUT2D eigenvalue weighted by Crippen LogP contribution is 2.64.